The van der Waals surface area contributed by atoms with Crippen LogP contribution in [-0.2, 0) is 13.0 Å². The van der Waals surface area contributed by atoms with Gasteiger partial charge in [0.25, 0.3) is 0 Å². The first kappa shape index (κ1) is 11.4. The van der Waals surface area contributed by atoms with Crippen LogP contribution in [0.25, 0.3) is 0 Å². The van der Waals surface area contributed by atoms with Crippen molar-refractivity contribution in [2.75, 3.05) is 6.54 Å². The second-order valence-electron chi connectivity index (χ2n) is 3.57. The van der Waals surface area contributed by atoms with Crippen molar-refractivity contribution in [2.45, 2.75) is 13.0 Å². The third kappa shape index (κ3) is 3.18. The van der Waals surface area contributed by atoms with Gasteiger partial charge in [-0.1, -0.05) is 0 Å². The van der Waals surface area contributed by atoms with Gasteiger partial charge in [-0.05, 0) is 12.1 Å². The standard InChI is InChI=1S/C11H13N3O3/c15-11(16)10-2-1-9(17-10)6-12-4-3-8-5-13-7-14-8/h1-2,5,7,12H,3-4,6H2,(H,13,14)(H,15,16). The van der Waals surface area contributed by atoms with Crippen LogP contribution in [0.4, 0.5) is 0 Å². The van der Waals surface area contributed by atoms with Crippen molar-refractivity contribution in [2.24, 2.45) is 0 Å². The second-order valence-corrected chi connectivity index (χ2v) is 3.57. The van der Waals surface area contributed by atoms with E-state index in [1.807, 2.05) is 0 Å². The molecule has 90 valence electrons. The van der Waals surface area contributed by atoms with Crippen LogP contribution < -0.4 is 5.32 Å². The molecule has 6 nitrogen and oxygen atoms in total. The maximum Gasteiger partial charge on any atom is 0.371 e. The number of nitrogens with one attached hydrogen (secondary N) is 2. The van der Waals surface area contributed by atoms with Gasteiger partial charge in [0, 0.05) is 24.9 Å². The highest BCUT2D eigenvalue weighted by Crippen LogP contribution is 2.07. The lowest BCUT2D eigenvalue weighted by atomic mass is 10.3. The minimum absolute atomic E-state index is 0.0321. The van der Waals surface area contributed by atoms with Crippen LogP contribution in [0.1, 0.15) is 22.0 Å². The zero-order chi connectivity index (χ0) is 12.1. The van der Waals surface area contributed by atoms with Crippen molar-refractivity contribution >= 4 is 5.97 Å². The minimum atomic E-state index is -1.05. The Balaban J connectivity index is 1.72. The number of aromatic nitrogens is 2. The first-order valence-electron chi connectivity index (χ1n) is 5.25. The lowest BCUT2D eigenvalue weighted by Crippen LogP contribution is -2.16. The van der Waals surface area contributed by atoms with Crippen molar-refractivity contribution in [3.63, 3.8) is 0 Å². The fraction of sp³-hybridized carbons (Fsp3) is 0.273. The molecule has 2 rings (SSSR count). The van der Waals surface area contributed by atoms with Crippen LogP contribution in [0.5, 0.6) is 0 Å². The van der Waals surface area contributed by atoms with Gasteiger partial charge in [-0.2, -0.15) is 0 Å². The summed E-state index contributed by atoms with van der Waals surface area (Å²) >= 11 is 0. The molecule has 3 N–H and O–H groups in total. The van der Waals surface area contributed by atoms with Crippen LogP contribution in [-0.4, -0.2) is 27.6 Å². The van der Waals surface area contributed by atoms with E-state index in [0.717, 1.165) is 18.7 Å². The molecule has 0 radical (unpaired) electrons. The summed E-state index contributed by atoms with van der Waals surface area (Å²) in [6.45, 7) is 1.28. The van der Waals surface area contributed by atoms with E-state index in [-0.39, 0.29) is 5.76 Å². The maximum absolute atomic E-state index is 10.6. The van der Waals surface area contributed by atoms with Crippen molar-refractivity contribution in [1.29, 1.82) is 0 Å². The van der Waals surface area contributed by atoms with Gasteiger partial charge in [0.15, 0.2) is 0 Å². The van der Waals surface area contributed by atoms with Gasteiger partial charge in [-0.25, -0.2) is 9.78 Å². The molecule has 17 heavy (non-hydrogen) atoms. The number of nitrogens with zero attached hydrogens (tertiary/aromatic N) is 1. The number of aromatic amines is 1. The fourth-order valence-electron chi connectivity index (χ4n) is 1.44. The van der Waals surface area contributed by atoms with Crippen LogP contribution in [0.15, 0.2) is 29.1 Å². The molecule has 0 aliphatic carbocycles. The summed E-state index contributed by atoms with van der Waals surface area (Å²) in [6, 6.07) is 3.11. The Bertz CT molecular complexity index is 476. The zero-order valence-corrected chi connectivity index (χ0v) is 9.14. The quantitative estimate of drug-likeness (QED) is 0.650. The molecule has 0 aliphatic heterocycles. The van der Waals surface area contributed by atoms with Crippen molar-refractivity contribution < 1.29 is 14.3 Å². The first-order chi connectivity index (χ1) is 8.25. The SMILES string of the molecule is O=C(O)c1ccc(CNCCc2cnc[nH]2)o1. The van der Waals surface area contributed by atoms with Crippen molar-refractivity contribution in [3.8, 4) is 0 Å². The van der Waals surface area contributed by atoms with Gasteiger partial charge in [0.2, 0.25) is 5.76 Å². The molecular formula is C11H13N3O3. The number of carboxylic acids is 1. The van der Waals surface area contributed by atoms with Gasteiger partial charge in [-0.15, -0.1) is 0 Å². The molecule has 0 atom stereocenters. The molecule has 0 bridgehead atoms. The summed E-state index contributed by atoms with van der Waals surface area (Å²) in [5, 5.41) is 11.8. The molecule has 0 amide bonds. The zero-order valence-electron chi connectivity index (χ0n) is 9.14. The van der Waals surface area contributed by atoms with Gasteiger partial charge in [0.1, 0.15) is 5.76 Å². The normalized spacial score (nSPS) is 10.6. The van der Waals surface area contributed by atoms with Crippen molar-refractivity contribution in [1.82, 2.24) is 15.3 Å². The summed E-state index contributed by atoms with van der Waals surface area (Å²) in [7, 11) is 0. The van der Waals surface area contributed by atoms with Crippen LogP contribution in [0.3, 0.4) is 0 Å². The Kier molecular flexibility index (Phi) is 3.56. The van der Waals surface area contributed by atoms with E-state index in [0.29, 0.717) is 12.3 Å². The number of imidazole rings is 1. The first-order valence-corrected chi connectivity index (χ1v) is 5.25. The molecule has 0 aromatic carbocycles. The largest absolute Gasteiger partial charge is 0.475 e. The number of furan rings is 1. The predicted octanol–water partition coefficient (Wildman–Crippen LogP) is 1.03. The van der Waals surface area contributed by atoms with E-state index in [1.54, 1.807) is 18.6 Å². The number of aromatic carboxylic acids is 1. The van der Waals surface area contributed by atoms with E-state index < -0.39 is 5.97 Å². The molecule has 0 aliphatic rings. The molecule has 0 saturated heterocycles. The number of rotatable bonds is 6. The van der Waals surface area contributed by atoms with Gasteiger partial charge in [-0.3, -0.25) is 0 Å². The van der Waals surface area contributed by atoms with Crippen LogP contribution in [0, 0.1) is 0 Å². The highest BCUT2D eigenvalue weighted by atomic mass is 16.4. The summed E-state index contributed by atoms with van der Waals surface area (Å²) in [6.07, 6.45) is 4.25. The summed E-state index contributed by atoms with van der Waals surface area (Å²) in [4.78, 5) is 17.5. The lowest BCUT2D eigenvalue weighted by Gasteiger charge is -2.00. The fourth-order valence-corrected chi connectivity index (χ4v) is 1.44. The number of carbonyl (C=O) groups is 1. The predicted molar refractivity (Wildman–Crippen MR) is 59.7 cm³/mol. The topological polar surface area (TPSA) is 91.1 Å². The molecular weight excluding hydrogens is 222 g/mol. The van der Waals surface area contributed by atoms with E-state index in [9.17, 15) is 4.79 Å². The van der Waals surface area contributed by atoms with Gasteiger partial charge < -0.3 is 19.8 Å². The third-order valence-corrected chi connectivity index (χ3v) is 2.30. The number of H-pyrrole nitrogens is 1. The van der Waals surface area contributed by atoms with Crippen LogP contribution >= 0.6 is 0 Å². The summed E-state index contributed by atoms with van der Waals surface area (Å²) < 4.78 is 5.10. The number of carboxylic acid groups (broad SMARTS) is 1. The molecule has 0 saturated carbocycles. The molecule has 2 aromatic rings. The Morgan fingerprint density at radius 1 is 1.53 bits per heavy atom. The van der Waals surface area contributed by atoms with Gasteiger partial charge >= 0.3 is 5.97 Å². The Morgan fingerprint density at radius 2 is 2.41 bits per heavy atom. The van der Waals surface area contributed by atoms with Crippen molar-refractivity contribution in [3.05, 3.63) is 41.9 Å². The summed E-state index contributed by atoms with van der Waals surface area (Å²) in [5.74, 6) is -0.462. The average molecular weight is 235 g/mol. The minimum Gasteiger partial charge on any atom is -0.475 e. The molecule has 0 fully saturated rings. The van der Waals surface area contributed by atoms with E-state index in [2.05, 4.69) is 15.3 Å². The highest BCUT2D eigenvalue weighted by Gasteiger charge is 2.08. The Morgan fingerprint density at radius 3 is 3.06 bits per heavy atom. The maximum atomic E-state index is 10.6. The average Bonchev–Trinajstić information content (AvgIpc) is 2.96. The van der Waals surface area contributed by atoms with Crippen LogP contribution in [0.2, 0.25) is 0 Å². The second kappa shape index (κ2) is 5.31. The molecule has 2 aromatic heterocycles. The Labute approximate surface area is 97.7 Å². The molecule has 2 heterocycles. The van der Waals surface area contributed by atoms with E-state index in [1.165, 1.54) is 6.07 Å². The number of hydrogen-bond donors (Lipinski definition) is 3. The monoisotopic (exact) mass is 235 g/mol. The molecule has 6 heteroatoms. The summed E-state index contributed by atoms with van der Waals surface area (Å²) in [5.41, 5.74) is 1.06. The smallest absolute Gasteiger partial charge is 0.371 e. The van der Waals surface area contributed by atoms with E-state index >= 15 is 0 Å². The molecule has 0 spiro atoms. The van der Waals surface area contributed by atoms with E-state index in [4.69, 9.17) is 9.52 Å². The number of hydrogen-bond acceptors (Lipinski definition) is 4. The van der Waals surface area contributed by atoms with Gasteiger partial charge in [0.05, 0.1) is 12.9 Å². The lowest BCUT2D eigenvalue weighted by molar-refractivity contribution is 0.0660. The Hall–Kier alpha value is -2.08. The molecule has 0 unspecified atom stereocenters. The third-order valence-electron chi connectivity index (χ3n) is 2.30. The highest BCUT2D eigenvalue weighted by molar-refractivity contribution is 5.84.